The fraction of sp³-hybridized carbons (Fsp3) is 0.200. The van der Waals surface area contributed by atoms with Crippen LogP contribution in [0.25, 0.3) is 22.6 Å². The van der Waals surface area contributed by atoms with Crippen LogP contribution in [0.15, 0.2) is 48.8 Å². The molecule has 4 aromatic rings. The van der Waals surface area contributed by atoms with E-state index in [2.05, 4.69) is 19.9 Å². The van der Waals surface area contributed by atoms with E-state index in [0.29, 0.717) is 17.1 Å². The number of pyridine rings is 1. The fourth-order valence-corrected chi connectivity index (χ4v) is 3.38. The largest absolute Gasteiger partial charge is 0.497 e. The molecule has 1 saturated carbocycles. The van der Waals surface area contributed by atoms with Crippen molar-refractivity contribution in [2.24, 2.45) is 0 Å². The van der Waals surface area contributed by atoms with Crippen molar-refractivity contribution < 1.29 is 4.74 Å². The number of methoxy groups -OCH3 is 1. The molecule has 0 unspecified atom stereocenters. The van der Waals surface area contributed by atoms with E-state index in [1.165, 1.54) is 0 Å². The fourth-order valence-electron chi connectivity index (χ4n) is 3.20. The molecule has 3 aromatic heterocycles. The van der Waals surface area contributed by atoms with E-state index >= 15 is 0 Å². The lowest BCUT2D eigenvalue weighted by Gasteiger charge is -2.09. The SMILES string of the molecule is COc1cccc(Nc2ncc3nc(-c4ccnc(Cl)c4)n(C4CC4)c3n2)c1. The van der Waals surface area contributed by atoms with Crippen LogP contribution in [0, 0.1) is 0 Å². The molecule has 8 heteroatoms. The molecule has 0 amide bonds. The molecular weight excluding hydrogens is 376 g/mol. The molecule has 7 nitrogen and oxygen atoms in total. The van der Waals surface area contributed by atoms with E-state index in [1.807, 2.05) is 36.4 Å². The van der Waals surface area contributed by atoms with Gasteiger partial charge in [0.25, 0.3) is 0 Å². The van der Waals surface area contributed by atoms with Gasteiger partial charge in [-0.25, -0.2) is 15.0 Å². The van der Waals surface area contributed by atoms with E-state index in [1.54, 1.807) is 19.5 Å². The third kappa shape index (κ3) is 3.14. The normalized spacial score (nSPS) is 13.6. The van der Waals surface area contributed by atoms with Gasteiger partial charge in [-0.15, -0.1) is 0 Å². The van der Waals surface area contributed by atoms with Crippen molar-refractivity contribution >= 4 is 34.4 Å². The van der Waals surface area contributed by atoms with Crippen molar-refractivity contribution in [3.05, 3.63) is 53.9 Å². The zero-order valence-electron chi connectivity index (χ0n) is 15.1. The van der Waals surface area contributed by atoms with E-state index in [4.69, 9.17) is 26.3 Å². The second-order valence-corrected chi connectivity index (χ2v) is 7.05. The second kappa shape index (κ2) is 6.76. The predicted octanol–water partition coefficient (Wildman–Crippen LogP) is 4.63. The summed E-state index contributed by atoms with van der Waals surface area (Å²) in [6.07, 6.45) is 5.66. The first-order valence-electron chi connectivity index (χ1n) is 8.99. The summed E-state index contributed by atoms with van der Waals surface area (Å²) >= 11 is 6.08. The van der Waals surface area contributed by atoms with Gasteiger partial charge in [-0.05, 0) is 37.1 Å². The van der Waals surface area contributed by atoms with E-state index < -0.39 is 0 Å². The Hall–Kier alpha value is -3.19. The smallest absolute Gasteiger partial charge is 0.229 e. The number of hydrogen-bond acceptors (Lipinski definition) is 6. The minimum Gasteiger partial charge on any atom is -0.497 e. The summed E-state index contributed by atoms with van der Waals surface area (Å²) in [4.78, 5) is 18.0. The lowest BCUT2D eigenvalue weighted by Crippen LogP contribution is -2.02. The third-order valence-corrected chi connectivity index (χ3v) is 4.86. The van der Waals surface area contributed by atoms with Crippen molar-refractivity contribution in [1.29, 1.82) is 0 Å². The predicted molar refractivity (Wildman–Crippen MR) is 108 cm³/mol. The summed E-state index contributed by atoms with van der Waals surface area (Å²) in [6.45, 7) is 0. The van der Waals surface area contributed by atoms with Gasteiger partial charge < -0.3 is 14.6 Å². The van der Waals surface area contributed by atoms with Gasteiger partial charge in [0.1, 0.15) is 22.2 Å². The van der Waals surface area contributed by atoms with Crippen LogP contribution in [0.5, 0.6) is 5.75 Å². The summed E-state index contributed by atoms with van der Waals surface area (Å²) in [5.74, 6) is 2.13. The highest BCUT2D eigenvalue weighted by molar-refractivity contribution is 6.29. The Morgan fingerprint density at radius 2 is 2.04 bits per heavy atom. The Labute approximate surface area is 166 Å². The molecule has 0 radical (unpaired) electrons. The van der Waals surface area contributed by atoms with Crippen LogP contribution in [0.1, 0.15) is 18.9 Å². The lowest BCUT2D eigenvalue weighted by atomic mass is 10.2. The topological polar surface area (TPSA) is 77.8 Å². The average molecular weight is 393 g/mol. The number of nitrogens with one attached hydrogen (secondary N) is 1. The molecule has 1 aliphatic rings. The van der Waals surface area contributed by atoms with Gasteiger partial charge in [0.05, 0.1) is 13.3 Å². The minimum absolute atomic E-state index is 0.395. The first-order chi connectivity index (χ1) is 13.7. The number of imidazole rings is 1. The number of rotatable bonds is 5. The van der Waals surface area contributed by atoms with E-state index in [0.717, 1.165) is 46.8 Å². The van der Waals surface area contributed by atoms with Crippen LogP contribution in [-0.2, 0) is 0 Å². The van der Waals surface area contributed by atoms with Gasteiger partial charge in [-0.2, -0.15) is 4.98 Å². The van der Waals surface area contributed by atoms with Crippen LogP contribution in [-0.4, -0.2) is 31.6 Å². The summed E-state index contributed by atoms with van der Waals surface area (Å²) in [7, 11) is 1.64. The van der Waals surface area contributed by atoms with Crippen LogP contribution >= 0.6 is 11.6 Å². The molecule has 140 valence electrons. The Bertz CT molecular complexity index is 1170. The minimum atomic E-state index is 0.395. The zero-order valence-corrected chi connectivity index (χ0v) is 15.9. The van der Waals surface area contributed by atoms with Gasteiger partial charge in [0.2, 0.25) is 5.95 Å². The lowest BCUT2D eigenvalue weighted by molar-refractivity contribution is 0.415. The van der Waals surface area contributed by atoms with Crippen molar-refractivity contribution in [2.45, 2.75) is 18.9 Å². The van der Waals surface area contributed by atoms with Crippen LogP contribution in [0.4, 0.5) is 11.6 Å². The maximum Gasteiger partial charge on any atom is 0.229 e. The molecule has 0 atom stereocenters. The number of ether oxygens (including phenoxy) is 1. The Morgan fingerprint density at radius 1 is 1.14 bits per heavy atom. The summed E-state index contributed by atoms with van der Waals surface area (Å²) in [6, 6.07) is 11.8. The van der Waals surface area contributed by atoms with Crippen molar-refractivity contribution in [3.63, 3.8) is 0 Å². The monoisotopic (exact) mass is 392 g/mol. The molecule has 1 aliphatic carbocycles. The van der Waals surface area contributed by atoms with Crippen molar-refractivity contribution in [1.82, 2.24) is 24.5 Å². The highest BCUT2D eigenvalue weighted by Gasteiger charge is 2.29. The number of benzene rings is 1. The van der Waals surface area contributed by atoms with E-state index in [-0.39, 0.29) is 0 Å². The summed E-state index contributed by atoms with van der Waals surface area (Å²) in [5, 5.41) is 3.68. The van der Waals surface area contributed by atoms with Gasteiger partial charge in [-0.3, -0.25) is 0 Å². The number of anilines is 2. The standard InChI is InChI=1S/C20H17ClN6O/c1-28-15-4-2-3-13(10-15)24-20-23-11-16-19(26-20)27(14-5-6-14)18(25-16)12-7-8-22-17(21)9-12/h2-4,7-11,14H,5-6H2,1H3,(H,23,24,26). The maximum atomic E-state index is 6.08. The van der Waals surface area contributed by atoms with Gasteiger partial charge >= 0.3 is 0 Å². The molecule has 1 N–H and O–H groups in total. The molecule has 0 aliphatic heterocycles. The quantitative estimate of drug-likeness (QED) is 0.499. The molecule has 0 spiro atoms. The van der Waals surface area contributed by atoms with Crippen LogP contribution in [0.3, 0.4) is 0 Å². The number of aromatic nitrogens is 5. The van der Waals surface area contributed by atoms with Gasteiger partial charge in [-0.1, -0.05) is 17.7 Å². The number of hydrogen-bond donors (Lipinski definition) is 1. The third-order valence-electron chi connectivity index (χ3n) is 4.66. The van der Waals surface area contributed by atoms with Gasteiger partial charge in [0, 0.05) is 29.6 Å². The number of nitrogens with zero attached hydrogens (tertiary/aromatic N) is 5. The zero-order chi connectivity index (χ0) is 19.1. The van der Waals surface area contributed by atoms with Crippen LogP contribution < -0.4 is 10.1 Å². The first kappa shape index (κ1) is 16.9. The molecule has 1 fully saturated rings. The molecule has 0 bridgehead atoms. The molecule has 3 heterocycles. The average Bonchev–Trinajstić information content (AvgIpc) is 3.48. The molecule has 0 saturated heterocycles. The van der Waals surface area contributed by atoms with Crippen molar-refractivity contribution in [3.8, 4) is 17.1 Å². The van der Waals surface area contributed by atoms with E-state index in [9.17, 15) is 0 Å². The van der Waals surface area contributed by atoms with Crippen molar-refractivity contribution in [2.75, 3.05) is 12.4 Å². The molecule has 1 aromatic carbocycles. The number of fused-ring (bicyclic) bond motifs is 1. The number of halogens is 1. The van der Waals surface area contributed by atoms with Gasteiger partial charge in [0.15, 0.2) is 5.65 Å². The van der Waals surface area contributed by atoms with Crippen LogP contribution in [0.2, 0.25) is 5.15 Å². The maximum absolute atomic E-state index is 6.08. The molecular formula is C20H17ClN6O. The molecule has 5 rings (SSSR count). The second-order valence-electron chi connectivity index (χ2n) is 6.66. The Balaban J connectivity index is 1.58. The Morgan fingerprint density at radius 3 is 2.82 bits per heavy atom. The highest BCUT2D eigenvalue weighted by atomic mass is 35.5. The Kier molecular flexibility index (Phi) is 4.09. The highest BCUT2D eigenvalue weighted by Crippen LogP contribution is 2.41. The molecule has 28 heavy (non-hydrogen) atoms. The first-order valence-corrected chi connectivity index (χ1v) is 9.37. The summed E-state index contributed by atoms with van der Waals surface area (Å²) in [5.41, 5.74) is 3.35. The summed E-state index contributed by atoms with van der Waals surface area (Å²) < 4.78 is 7.45.